The molecule has 0 aliphatic carbocycles. The lowest BCUT2D eigenvalue weighted by atomic mass is 9.64. The van der Waals surface area contributed by atoms with Crippen LogP contribution >= 0.6 is 0 Å². The molecular weight excluding hydrogens is 328 g/mol. The fourth-order valence-corrected chi connectivity index (χ4v) is 4.17. The number of amides is 1. The fraction of sp³-hybridized carbons (Fsp3) is 0.333. The Hall–Kier alpha value is -2.66. The number of primary amides is 1. The normalized spacial score (nSPS) is 17.9. The lowest BCUT2D eigenvalue weighted by Crippen LogP contribution is -2.49. The quantitative estimate of drug-likeness (QED) is 0.801. The first kappa shape index (κ1) is 18.1. The van der Waals surface area contributed by atoms with Crippen molar-refractivity contribution in [3.05, 3.63) is 71.8 Å². The third-order valence-corrected chi connectivity index (χ3v) is 5.37. The number of carboxylic acids is 1. The Kier molecular flexibility index (Phi) is 5.38. The van der Waals surface area contributed by atoms with Crippen LogP contribution in [-0.2, 0) is 15.0 Å². The molecule has 0 spiro atoms. The van der Waals surface area contributed by atoms with Crippen molar-refractivity contribution in [2.24, 2.45) is 11.7 Å². The highest BCUT2D eigenvalue weighted by molar-refractivity contribution is 5.91. The number of hydrogen-bond donors (Lipinski definition) is 2. The summed E-state index contributed by atoms with van der Waals surface area (Å²) in [6.07, 6.45) is 0.902. The number of benzene rings is 2. The summed E-state index contributed by atoms with van der Waals surface area (Å²) in [5.41, 5.74) is 6.90. The average Bonchev–Trinajstić information content (AvgIpc) is 3.11. The smallest absolute Gasteiger partial charge is 0.304 e. The average molecular weight is 352 g/mol. The van der Waals surface area contributed by atoms with Crippen LogP contribution in [-0.4, -0.2) is 41.5 Å². The van der Waals surface area contributed by atoms with E-state index in [4.69, 9.17) is 10.8 Å². The third kappa shape index (κ3) is 3.35. The maximum absolute atomic E-state index is 12.9. The van der Waals surface area contributed by atoms with E-state index >= 15 is 0 Å². The summed E-state index contributed by atoms with van der Waals surface area (Å²) in [6, 6.07) is 19.4. The van der Waals surface area contributed by atoms with Crippen molar-refractivity contribution in [3.8, 4) is 0 Å². The molecule has 1 aliphatic rings. The third-order valence-electron chi connectivity index (χ3n) is 5.37. The first-order chi connectivity index (χ1) is 12.5. The van der Waals surface area contributed by atoms with Crippen LogP contribution in [0, 0.1) is 5.92 Å². The van der Waals surface area contributed by atoms with Gasteiger partial charge in [-0.3, -0.25) is 9.59 Å². The number of nitrogens with zero attached hydrogens (tertiary/aromatic N) is 1. The summed E-state index contributed by atoms with van der Waals surface area (Å²) >= 11 is 0. The van der Waals surface area contributed by atoms with Crippen molar-refractivity contribution in [1.29, 1.82) is 0 Å². The van der Waals surface area contributed by atoms with Gasteiger partial charge in [0.25, 0.3) is 0 Å². The van der Waals surface area contributed by atoms with Crippen molar-refractivity contribution in [1.82, 2.24) is 4.90 Å². The highest BCUT2D eigenvalue weighted by atomic mass is 16.4. The highest BCUT2D eigenvalue weighted by Crippen LogP contribution is 2.43. The van der Waals surface area contributed by atoms with Gasteiger partial charge in [-0.15, -0.1) is 0 Å². The first-order valence-electron chi connectivity index (χ1n) is 8.90. The molecule has 0 bridgehead atoms. The summed E-state index contributed by atoms with van der Waals surface area (Å²) < 4.78 is 0. The summed E-state index contributed by atoms with van der Waals surface area (Å²) in [5, 5.41) is 8.94. The van der Waals surface area contributed by atoms with Gasteiger partial charge in [-0.25, -0.2) is 0 Å². The SMILES string of the molecule is NC(=O)C(c1ccccc1)(c1ccccc1)[C@@H]1CCN(CCC(=O)O)C1. The van der Waals surface area contributed by atoms with Gasteiger partial charge < -0.3 is 15.7 Å². The molecule has 1 atom stereocenters. The molecule has 2 aromatic carbocycles. The van der Waals surface area contributed by atoms with E-state index in [9.17, 15) is 9.59 Å². The van der Waals surface area contributed by atoms with Gasteiger partial charge in [0.05, 0.1) is 6.42 Å². The molecule has 3 N–H and O–H groups in total. The molecule has 1 saturated heterocycles. The van der Waals surface area contributed by atoms with E-state index in [0.717, 1.165) is 24.1 Å². The molecule has 0 aromatic heterocycles. The summed E-state index contributed by atoms with van der Waals surface area (Å²) in [7, 11) is 0. The van der Waals surface area contributed by atoms with E-state index in [1.54, 1.807) is 0 Å². The zero-order chi connectivity index (χ0) is 18.6. The van der Waals surface area contributed by atoms with Gasteiger partial charge in [0, 0.05) is 13.1 Å². The van der Waals surface area contributed by atoms with Gasteiger partial charge >= 0.3 is 5.97 Å². The van der Waals surface area contributed by atoms with E-state index in [0.29, 0.717) is 13.1 Å². The molecule has 0 saturated carbocycles. The molecule has 2 aromatic rings. The first-order valence-corrected chi connectivity index (χ1v) is 8.90. The predicted molar refractivity (Wildman–Crippen MR) is 99.7 cm³/mol. The van der Waals surface area contributed by atoms with E-state index < -0.39 is 11.4 Å². The Labute approximate surface area is 153 Å². The molecule has 1 heterocycles. The summed E-state index contributed by atoms with van der Waals surface area (Å²) in [6.45, 7) is 1.91. The lowest BCUT2D eigenvalue weighted by molar-refractivity contribution is -0.137. The Bertz CT molecular complexity index is 722. The molecule has 5 heteroatoms. The van der Waals surface area contributed by atoms with E-state index in [1.165, 1.54) is 0 Å². The zero-order valence-electron chi connectivity index (χ0n) is 14.7. The minimum atomic E-state index is -0.916. The van der Waals surface area contributed by atoms with Crippen LogP contribution in [0.3, 0.4) is 0 Å². The molecule has 26 heavy (non-hydrogen) atoms. The number of rotatable bonds is 7. The standard InChI is InChI=1S/C21H24N2O3/c22-20(26)21(16-7-3-1-4-8-16,17-9-5-2-6-10-17)18-11-13-23(15-18)14-12-19(24)25/h1-10,18H,11-15H2,(H2,22,26)(H,24,25)/t18-/m1/s1. The second kappa shape index (κ2) is 7.70. The molecule has 1 aliphatic heterocycles. The molecular formula is C21H24N2O3. The van der Waals surface area contributed by atoms with Gasteiger partial charge in [-0.1, -0.05) is 60.7 Å². The molecule has 1 amide bonds. The van der Waals surface area contributed by atoms with Gasteiger partial charge in [0.2, 0.25) is 5.91 Å². The van der Waals surface area contributed by atoms with Crippen LogP contribution < -0.4 is 5.73 Å². The number of hydrogen-bond acceptors (Lipinski definition) is 3. The van der Waals surface area contributed by atoms with Gasteiger partial charge in [0.15, 0.2) is 0 Å². The van der Waals surface area contributed by atoms with Crippen LogP contribution in [0.1, 0.15) is 24.0 Å². The summed E-state index contributed by atoms with van der Waals surface area (Å²) in [4.78, 5) is 25.9. The van der Waals surface area contributed by atoms with E-state index in [1.807, 2.05) is 60.7 Å². The summed E-state index contributed by atoms with van der Waals surface area (Å²) in [5.74, 6) is -1.17. The number of carboxylic acid groups (broad SMARTS) is 1. The zero-order valence-corrected chi connectivity index (χ0v) is 14.7. The van der Waals surface area contributed by atoms with E-state index in [-0.39, 0.29) is 18.2 Å². The molecule has 3 rings (SSSR count). The molecule has 136 valence electrons. The second-order valence-corrected chi connectivity index (χ2v) is 6.83. The Morgan fingerprint density at radius 2 is 1.58 bits per heavy atom. The molecule has 1 fully saturated rings. The monoisotopic (exact) mass is 352 g/mol. The van der Waals surface area contributed by atoms with Crippen LogP contribution in [0.2, 0.25) is 0 Å². The number of nitrogens with two attached hydrogens (primary N) is 1. The number of carbonyl (C=O) groups excluding carboxylic acids is 1. The topological polar surface area (TPSA) is 83.6 Å². The molecule has 5 nitrogen and oxygen atoms in total. The number of aliphatic carboxylic acids is 1. The van der Waals surface area contributed by atoms with Crippen LogP contribution in [0.15, 0.2) is 60.7 Å². The van der Waals surface area contributed by atoms with Gasteiger partial charge in [-0.2, -0.15) is 0 Å². The predicted octanol–water partition coefficient (Wildman–Crippen LogP) is 2.25. The largest absolute Gasteiger partial charge is 0.481 e. The highest BCUT2D eigenvalue weighted by Gasteiger charge is 2.49. The van der Waals surface area contributed by atoms with Gasteiger partial charge in [-0.05, 0) is 30.0 Å². The molecule has 0 unspecified atom stereocenters. The Balaban J connectivity index is 2.02. The van der Waals surface area contributed by atoms with Crippen molar-refractivity contribution in [2.75, 3.05) is 19.6 Å². The second-order valence-electron chi connectivity index (χ2n) is 6.83. The number of carbonyl (C=O) groups is 2. The van der Waals surface area contributed by atoms with Crippen molar-refractivity contribution in [3.63, 3.8) is 0 Å². The van der Waals surface area contributed by atoms with E-state index in [2.05, 4.69) is 4.90 Å². The Morgan fingerprint density at radius 3 is 2.04 bits per heavy atom. The fourth-order valence-electron chi connectivity index (χ4n) is 4.17. The van der Waals surface area contributed by atoms with Gasteiger partial charge in [0.1, 0.15) is 5.41 Å². The van der Waals surface area contributed by atoms with Crippen LogP contribution in [0.4, 0.5) is 0 Å². The minimum absolute atomic E-state index is 0.00130. The van der Waals surface area contributed by atoms with Crippen molar-refractivity contribution in [2.45, 2.75) is 18.3 Å². The maximum atomic E-state index is 12.9. The van der Waals surface area contributed by atoms with Crippen molar-refractivity contribution >= 4 is 11.9 Å². The number of likely N-dealkylation sites (tertiary alicyclic amines) is 1. The molecule has 0 radical (unpaired) electrons. The minimum Gasteiger partial charge on any atom is -0.481 e. The Morgan fingerprint density at radius 1 is 1.04 bits per heavy atom. The van der Waals surface area contributed by atoms with Crippen molar-refractivity contribution < 1.29 is 14.7 Å². The van der Waals surface area contributed by atoms with Crippen LogP contribution in [0.5, 0.6) is 0 Å². The van der Waals surface area contributed by atoms with Crippen LogP contribution in [0.25, 0.3) is 0 Å². The maximum Gasteiger partial charge on any atom is 0.304 e. The lowest BCUT2D eigenvalue weighted by Gasteiger charge is -2.37.